The predicted molar refractivity (Wildman–Crippen MR) is 93.7 cm³/mol. The van der Waals surface area contributed by atoms with Gasteiger partial charge in [0.1, 0.15) is 6.33 Å². The normalized spacial score (nSPS) is 14.7. The van der Waals surface area contributed by atoms with E-state index in [0.29, 0.717) is 18.7 Å². The average Bonchev–Trinajstić information content (AvgIpc) is 2.67. The second kappa shape index (κ2) is 7.70. The van der Waals surface area contributed by atoms with E-state index in [1.807, 2.05) is 11.9 Å². The van der Waals surface area contributed by atoms with Crippen LogP contribution >= 0.6 is 0 Å². The molecule has 11 nitrogen and oxygen atoms in total. The first-order chi connectivity index (χ1) is 12.6. The molecule has 136 valence electrons. The van der Waals surface area contributed by atoms with Crippen molar-refractivity contribution in [3.05, 3.63) is 46.5 Å². The Morgan fingerprint density at radius 3 is 2.69 bits per heavy atom. The van der Waals surface area contributed by atoms with E-state index in [9.17, 15) is 14.9 Å². The van der Waals surface area contributed by atoms with Gasteiger partial charge in [0.2, 0.25) is 11.6 Å². The molecule has 0 aromatic carbocycles. The lowest BCUT2D eigenvalue weighted by atomic mass is 10.3. The van der Waals surface area contributed by atoms with Crippen molar-refractivity contribution in [3.8, 4) is 0 Å². The first kappa shape index (κ1) is 17.5. The average molecular weight is 358 g/mol. The molecule has 1 aliphatic heterocycles. The van der Waals surface area contributed by atoms with Crippen molar-refractivity contribution in [2.24, 2.45) is 0 Å². The number of anilines is 2. The van der Waals surface area contributed by atoms with E-state index in [4.69, 9.17) is 0 Å². The monoisotopic (exact) mass is 358 g/mol. The number of rotatable bonds is 5. The maximum absolute atomic E-state index is 12.1. The number of hydrogen-bond donors (Lipinski definition) is 2. The number of carbonyl (C=O) groups is 1. The van der Waals surface area contributed by atoms with Gasteiger partial charge in [0, 0.05) is 38.6 Å². The molecule has 1 saturated heterocycles. The molecular weight excluding hydrogens is 340 g/mol. The number of amides is 1. The number of piperazine rings is 1. The molecule has 1 fully saturated rings. The van der Waals surface area contributed by atoms with Gasteiger partial charge in [0.25, 0.3) is 5.91 Å². The minimum atomic E-state index is -0.549. The second-order valence-electron chi connectivity index (χ2n) is 5.76. The van der Waals surface area contributed by atoms with Crippen LogP contribution in [0.1, 0.15) is 10.4 Å². The van der Waals surface area contributed by atoms with Crippen LogP contribution in [0, 0.1) is 10.1 Å². The van der Waals surface area contributed by atoms with E-state index in [1.54, 1.807) is 18.3 Å². The van der Waals surface area contributed by atoms with Crippen LogP contribution in [-0.2, 0) is 0 Å². The van der Waals surface area contributed by atoms with Gasteiger partial charge in [-0.25, -0.2) is 9.97 Å². The topological polar surface area (TPSA) is 129 Å². The van der Waals surface area contributed by atoms with Gasteiger partial charge in [-0.15, -0.1) is 0 Å². The zero-order valence-corrected chi connectivity index (χ0v) is 14.1. The SMILES string of the molecule is CN1CCN(c2ncnc(NNC(=O)c3cccnc3)c2[N+](=O)[O-])CC1. The molecule has 1 amide bonds. The molecule has 0 bridgehead atoms. The summed E-state index contributed by atoms with van der Waals surface area (Å²) in [5, 5.41) is 11.6. The zero-order valence-electron chi connectivity index (χ0n) is 14.1. The Bertz CT molecular complexity index is 793. The van der Waals surface area contributed by atoms with E-state index in [2.05, 4.69) is 30.7 Å². The highest BCUT2D eigenvalue weighted by Gasteiger charge is 2.28. The fourth-order valence-electron chi connectivity index (χ4n) is 2.56. The smallest absolute Gasteiger partial charge is 0.348 e. The Hall–Kier alpha value is -3.34. The van der Waals surface area contributed by atoms with Gasteiger partial charge in [-0.3, -0.25) is 30.7 Å². The molecule has 2 N–H and O–H groups in total. The Morgan fingerprint density at radius 2 is 2.04 bits per heavy atom. The van der Waals surface area contributed by atoms with Crippen molar-refractivity contribution in [2.75, 3.05) is 43.6 Å². The number of nitro groups is 1. The van der Waals surface area contributed by atoms with Crippen LogP contribution in [0.4, 0.5) is 17.3 Å². The summed E-state index contributed by atoms with van der Waals surface area (Å²) in [5.74, 6) is -0.320. The van der Waals surface area contributed by atoms with Crippen LogP contribution in [-0.4, -0.2) is 63.9 Å². The Kier molecular flexibility index (Phi) is 5.17. The van der Waals surface area contributed by atoms with Crippen molar-refractivity contribution in [3.63, 3.8) is 0 Å². The number of aromatic nitrogens is 3. The quantitative estimate of drug-likeness (QED) is 0.572. The zero-order chi connectivity index (χ0) is 18.5. The van der Waals surface area contributed by atoms with Crippen LogP contribution < -0.4 is 15.8 Å². The van der Waals surface area contributed by atoms with Crippen LogP contribution in [0.3, 0.4) is 0 Å². The van der Waals surface area contributed by atoms with Crippen molar-refractivity contribution in [1.29, 1.82) is 0 Å². The second-order valence-corrected chi connectivity index (χ2v) is 5.76. The number of nitrogens with one attached hydrogen (secondary N) is 2. The standard InChI is InChI=1S/C15H18N8O3/c1-21-5-7-22(8-6-21)14-12(23(25)26)13(17-10-18-14)19-20-15(24)11-3-2-4-16-9-11/h2-4,9-10H,5-8H2,1H3,(H,20,24)(H,17,18,19). The summed E-state index contributed by atoms with van der Waals surface area (Å²) in [4.78, 5) is 38.9. The third-order valence-corrected chi connectivity index (χ3v) is 4.01. The highest BCUT2D eigenvalue weighted by Crippen LogP contribution is 2.31. The van der Waals surface area contributed by atoms with Gasteiger partial charge in [-0.2, -0.15) is 0 Å². The minimum Gasteiger partial charge on any atom is -0.348 e. The summed E-state index contributed by atoms with van der Waals surface area (Å²) in [7, 11) is 1.99. The molecule has 0 unspecified atom stereocenters. The molecule has 3 rings (SSSR count). The molecule has 1 aliphatic rings. The number of pyridine rings is 1. The molecule has 0 saturated carbocycles. The lowest BCUT2D eigenvalue weighted by Crippen LogP contribution is -2.45. The van der Waals surface area contributed by atoms with Crippen LogP contribution in [0.15, 0.2) is 30.9 Å². The lowest BCUT2D eigenvalue weighted by Gasteiger charge is -2.32. The fraction of sp³-hybridized carbons (Fsp3) is 0.333. The highest BCUT2D eigenvalue weighted by molar-refractivity contribution is 5.94. The molecule has 0 aliphatic carbocycles. The summed E-state index contributed by atoms with van der Waals surface area (Å²) in [6.45, 7) is 2.80. The van der Waals surface area contributed by atoms with Gasteiger partial charge in [0.15, 0.2) is 0 Å². The predicted octanol–water partition coefficient (Wildman–Crippen LogP) is 0.288. The summed E-state index contributed by atoms with van der Waals surface area (Å²) >= 11 is 0. The van der Waals surface area contributed by atoms with Crippen LogP contribution in [0.2, 0.25) is 0 Å². The molecule has 0 atom stereocenters. The van der Waals surface area contributed by atoms with Crippen LogP contribution in [0.5, 0.6) is 0 Å². The number of likely N-dealkylation sites (N-methyl/N-ethyl adjacent to an activating group) is 1. The summed E-state index contributed by atoms with van der Waals surface area (Å²) in [5.41, 5.74) is 4.96. The molecule has 3 heterocycles. The summed E-state index contributed by atoms with van der Waals surface area (Å²) in [6, 6.07) is 3.20. The first-order valence-corrected chi connectivity index (χ1v) is 7.95. The Morgan fingerprint density at radius 1 is 1.27 bits per heavy atom. The third kappa shape index (κ3) is 3.83. The molecule has 0 radical (unpaired) electrons. The molecule has 11 heteroatoms. The maximum atomic E-state index is 12.1. The number of hydrazine groups is 1. The number of nitrogens with zero attached hydrogens (tertiary/aromatic N) is 6. The Labute approximate surface area is 149 Å². The van der Waals surface area contributed by atoms with Crippen molar-refractivity contribution >= 4 is 23.2 Å². The lowest BCUT2D eigenvalue weighted by molar-refractivity contribution is -0.383. The minimum absolute atomic E-state index is 0.0730. The van der Waals surface area contributed by atoms with E-state index >= 15 is 0 Å². The van der Waals surface area contributed by atoms with Gasteiger partial charge < -0.3 is 9.80 Å². The molecule has 2 aromatic heterocycles. The molecular formula is C15H18N8O3. The van der Waals surface area contributed by atoms with E-state index in [-0.39, 0.29) is 17.3 Å². The molecule has 26 heavy (non-hydrogen) atoms. The molecule has 2 aromatic rings. The number of carbonyl (C=O) groups excluding carboxylic acids is 1. The van der Waals surface area contributed by atoms with Gasteiger partial charge in [-0.05, 0) is 19.2 Å². The van der Waals surface area contributed by atoms with Gasteiger partial charge in [0.05, 0.1) is 10.5 Å². The third-order valence-electron chi connectivity index (χ3n) is 4.01. The summed E-state index contributed by atoms with van der Waals surface area (Å²) < 4.78 is 0. The van der Waals surface area contributed by atoms with E-state index in [1.165, 1.54) is 12.5 Å². The largest absolute Gasteiger partial charge is 0.355 e. The maximum Gasteiger partial charge on any atom is 0.355 e. The van der Waals surface area contributed by atoms with E-state index < -0.39 is 10.8 Å². The fourth-order valence-corrected chi connectivity index (χ4v) is 2.56. The molecule has 0 spiro atoms. The van der Waals surface area contributed by atoms with Crippen molar-refractivity contribution in [2.45, 2.75) is 0 Å². The van der Waals surface area contributed by atoms with Crippen molar-refractivity contribution < 1.29 is 9.72 Å². The van der Waals surface area contributed by atoms with Crippen molar-refractivity contribution in [1.82, 2.24) is 25.3 Å². The number of hydrogen-bond acceptors (Lipinski definition) is 9. The highest BCUT2D eigenvalue weighted by atomic mass is 16.6. The van der Waals surface area contributed by atoms with E-state index in [0.717, 1.165) is 13.1 Å². The Balaban J connectivity index is 1.80. The summed E-state index contributed by atoms with van der Waals surface area (Å²) in [6.07, 6.45) is 4.17. The van der Waals surface area contributed by atoms with Gasteiger partial charge in [-0.1, -0.05) is 0 Å². The van der Waals surface area contributed by atoms with Gasteiger partial charge >= 0.3 is 5.69 Å². The van der Waals surface area contributed by atoms with Crippen LogP contribution in [0.25, 0.3) is 0 Å². The first-order valence-electron chi connectivity index (χ1n) is 7.95.